The van der Waals surface area contributed by atoms with Crippen molar-refractivity contribution in [2.24, 2.45) is 16.6 Å². The van der Waals surface area contributed by atoms with Crippen LogP contribution in [-0.2, 0) is 10.3 Å². The van der Waals surface area contributed by atoms with Crippen molar-refractivity contribution in [3.05, 3.63) is 63.6 Å². The number of thiophene rings is 1. The maximum atomic E-state index is 13.2. The first kappa shape index (κ1) is 20.4. The fourth-order valence-electron chi connectivity index (χ4n) is 4.27. The molecular weight excluding hydrogens is 446 g/mol. The molecule has 2 aromatic heterocycles. The number of amides is 1. The maximum Gasteiger partial charge on any atom is 0.236 e. The lowest BCUT2D eigenvalue weighted by molar-refractivity contribution is -0.132. The number of rotatable bonds is 3. The molecule has 4 heterocycles. The molecule has 0 unspecified atom stereocenters. The number of carbonyl (C=O) groups is 1. The SMILES string of the molecule is CN1C(=O)[C@@H]2CN(c3ncc(Cl)cn3)C[C@]2(c2cc(-c3cccc(C#N)c3)cs2)N=C1N. The predicted octanol–water partition coefficient (Wildman–Crippen LogP) is 2.85. The zero-order chi connectivity index (χ0) is 22.5. The normalized spacial score (nSPS) is 22.5. The molecule has 0 bridgehead atoms. The summed E-state index contributed by atoms with van der Waals surface area (Å²) in [6.07, 6.45) is 3.07. The van der Waals surface area contributed by atoms with Crippen LogP contribution in [0.25, 0.3) is 11.1 Å². The third kappa shape index (κ3) is 3.20. The van der Waals surface area contributed by atoms with Crippen LogP contribution in [0.5, 0.6) is 0 Å². The van der Waals surface area contributed by atoms with Crippen molar-refractivity contribution in [3.63, 3.8) is 0 Å². The van der Waals surface area contributed by atoms with Gasteiger partial charge >= 0.3 is 0 Å². The number of nitriles is 1. The summed E-state index contributed by atoms with van der Waals surface area (Å²) in [5.74, 6) is 0.156. The van der Waals surface area contributed by atoms with Crippen molar-refractivity contribution in [2.75, 3.05) is 25.0 Å². The lowest BCUT2D eigenvalue weighted by atomic mass is 9.83. The van der Waals surface area contributed by atoms with Crippen molar-refractivity contribution in [3.8, 4) is 17.2 Å². The summed E-state index contributed by atoms with van der Waals surface area (Å²) in [5, 5.41) is 11.7. The molecule has 1 fully saturated rings. The summed E-state index contributed by atoms with van der Waals surface area (Å²) in [6, 6.07) is 11.6. The smallest absolute Gasteiger partial charge is 0.236 e. The highest BCUT2D eigenvalue weighted by molar-refractivity contribution is 7.10. The average molecular weight is 464 g/mol. The average Bonchev–Trinajstić information content (AvgIpc) is 3.45. The van der Waals surface area contributed by atoms with E-state index in [1.807, 2.05) is 34.5 Å². The van der Waals surface area contributed by atoms with Gasteiger partial charge in [0.1, 0.15) is 5.54 Å². The van der Waals surface area contributed by atoms with E-state index < -0.39 is 11.5 Å². The van der Waals surface area contributed by atoms with E-state index in [4.69, 9.17) is 22.3 Å². The van der Waals surface area contributed by atoms with Gasteiger partial charge in [-0.3, -0.25) is 9.69 Å². The fraction of sp³-hybridized carbons (Fsp3) is 0.227. The fourth-order valence-corrected chi connectivity index (χ4v) is 5.47. The summed E-state index contributed by atoms with van der Waals surface area (Å²) in [5.41, 5.74) is 7.82. The number of anilines is 1. The molecule has 2 aliphatic rings. The highest BCUT2D eigenvalue weighted by atomic mass is 35.5. The number of hydrogen-bond acceptors (Lipinski definition) is 8. The van der Waals surface area contributed by atoms with Crippen LogP contribution in [-0.4, -0.2) is 46.9 Å². The Kier molecular flexibility index (Phi) is 4.84. The van der Waals surface area contributed by atoms with Gasteiger partial charge in [-0.25, -0.2) is 15.0 Å². The molecule has 0 radical (unpaired) electrons. The zero-order valence-corrected chi connectivity index (χ0v) is 18.6. The molecule has 32 heavy (non-hydrogen) atoms. The Morgan fingerprint density at radius 1 is 1.28 bits per heavy atom. The molecule has 0 spiro atoms. The van der Waals surface area contributed by atoms with Crippen LogP contribution in [0.4, 0.5) is 5.95 Å². The van der Waals surface area contributed by atoms with Gasteiger partial charge in [0.15, 0.2) is 5.96 Å². The second-order valence-corrected chi connectivity index (χ2v) is 9.17. The minimum absolute atomic E-state index is 0.0876. The second-order valence-electron chi connectivity index (χ2n) is 7.82. The highest BCUT2D eigenvalue weighted by Gasteiger charge is 2.56. The number of hydrogen-bond donors (Lipinski definition) is 1. The van der Waals surface area contributed by atoms with Crippen LogP contribution >= 0.6 is 22.9 Å². The molecule has 5 rings (SSSR count). The van der Waals surface area contributed by atoms with Crippen molar-refractivity contribution in [1.29, 1.82) is 5.26 Å². The first-order chi connectivity index (χ1) is 15.4. The second kappa shape index (κ2) is 7.58. The van der Waals surface area contributed by atoms with Gasteiger partial charge in [0.25, 0.3) is 0 Å². The van der Waals surface area contributed by atoms with Crippen LogP contribution in [0.1, 0.15) is 10.4 Å². The molecule has 3 aromatic rings. The van der Waals surface area contributed by atoms with E-state index in [1.165, 1.54) is 28.6 Å². The number of carbonyl (C=O) groups excluding carboxylic acids is 1. The first-order valence-electron chi connectivity index (χ1n) is 9.86. The number of aliphatic imine (C=N–C) groups is 1. The van der Waals surface area contributed by atoms with E-state index in [0.717, 1.165) is 16.0 Å². The van der Waals surface area contributed by atoms with E-state index in [1.54, 1.807) is 13.1 Å². The van der Waals surface area contributed by atoms with Crippen LogP contribution in [0, 0.1) is 17.2 Å². The van der Waals surface area contributed by atoms with E-state index in [0.29, 0.717) is 29.6 Å². The van der Waals surface area contributed by atoms with Crippen LogP contribution in [0.15, 0.2) is 53.1 Å². The van der Waals surface area contributed by atoms with Gasteiger partial charge in [-0.1, -0.05) is 23.7 Å². The zero-order valence-electron chi connectivity index (χ0n) is 17.1. The topological polar surface area (TPSA) is 112 Å². The Bertz CT molecular complexity index is 1280. The van der Waals surface area contributed by atoms with E-state index in [-0.39, 0.29) is 11.9 Å². The molecule has 1 saturated heterocycles. The Morgan fingerprint density at radius 3 is 2.81 bits per heavy atom. The summed E-state index contributed by atoms with van der Waals surface area (Å²) in [6.45, 7) is 0.830. The Labute approximate surface area is 193 Å². The molecule has 0 saturated carbocycles. The van der Waals surface area contributed by atoms with Crippen LogP contribution in [0.2, 0.25) is 5.02 Å². The third-order valence-electron chi connectivity index (χ3n) is 5.94. The molecule has 8 nitrogen and oxygen atoms in total. The highest BCUT2D eigenvalue weighted by Crippen LogP contribution is 2.47. The van der Waals surface area contributed by atoms with E-state index in [9.17, 15) is 10.1 Å². The Balaban J connectivity index is 1.59. The largest absolute Gasteiger partial charge is 0.369 e. The molecule has 1 aromatic carbocycles. The molecule has 10 heteroatoms. The Hall–Kier alpha value is -3.48. The van der Waals surface area contributed by atoms with Crippen molar-refractivity contribution < 1.29 is 4.79 Å². The van der Waals surface area contributed by atoms with E-state index >= 15 is 0 Å². The molecule has 2 atom stereocenters. The Morgan fingerprint density at radius 2 is 2.06 bits per heavy atom. The molecule has 0 aliphatic carbocycles. The molecule has 160 valence electrons. The van der Waals surface area contributed by atoms with Gasteiger partial charge in [0, 0.05) is 18.5 Å². The summed E-state index contributed by atoms with van der Waals surface area (Å²) < 4.78 is 0. The summed E-state index contributed by atoms with van der Waals surface area (Å²) >= 11 is 7.48. The quantitative estimate of drug-likeness (QED) is 0.639. The van der Waals surface area contributed by atoms with Crippen LogP contribution < -0.4 is 10.6 Å². The van der Waals surface area contributed by atoms with Gasteiger partial charge in [0.05, 0.1) is 41.5 Å². The third-order valence-corrected chi connectivity index (χ3v) is 7.23. The van der Waals surface area contributed by atoms with E-state index in [2.05, 4.69) is 16.0 Å². The number of guanidine groups is 1. The molecule has 2 N–H and O–H groups in total. The summed E-state index contributed by atoms with van der Waals surface area (Å²) in [7, 11) is 1.64. The molecule has 1 amide bonds. The monoisotopic (exact) mass is 463 g/mol. The van der Waals surface area contributed by atoms with Crippen molar-refractivity contribution in [2.45, 2.75) is 5.54 Å². The lowest BCUT2D eigenvalue weighted by Gasteiger charge is -2.36. The van der Waals surface area contributed by atoms with Gasteiger partial charge in [-0.15, -0.1) is 11.3 Å². The lowest BCUT2D eigenvalue weighted by Crippen LogP contribution is -2.54. The van der Waals surface area contributed by atoms with Crippen molar-refractivity contribution >= 4 is 40.8 Å². The van der Waals surface area contributed by atoms with Gasteiger partial charge < -0.3 is 10.6 Å². The predicted molar refractivity (Wildman–Crippen MR) is 123 cm³/mol. The minimum Gasteiger partial charge on any atom is -0.369 e. The van der Waals surface area contributed by atoms with Gasteiger partial charge in [-0.2, -0.15) is 5.26 Å². The molecule has 2 aliphatic heterocycles. The van der Waals surface area contributed by atoms with Gasteiger partial charge in [-0.05, 0) is 34.7 Å². The number of aromatic nitrogens is 2. The standard InChI is InChI=1S/C22H18ClN7OS/c1-29-19(31)17-10-30(21-26-8-16(23)9-27-21)12-22(17,28-20(29)25)18-6-15(11-32-18)14-4-2-3-13(5-14)7-24/h2-6,8-9,11,17H,10,12H2,1H3,(H2,25,28)/t17-,22-/m0/s1. The van der Waals surface area contributed by atoms with Gasteiger partial charge in [0.2, 0.25) is 11.9 Å². The summed E-state index contributed by atoms with van der Waals surface area (Å²) in [4.78, 5) is 31.0. The van der Waals surface area contributed by atoms with Crippen molar-refractivity contribution in [1.82, 2.24) is 14.9 Å². The molecular formula is C22H18ClN7OS. The number of fused-ring (bicyclic) bond motifs is 1. The number of nitrogens with two attached hydrogens (primary N) is 1. The first-order valence-corrected chi connectivity index (χ1v) is 11.1. The van der Waals surface area contributed by atoms with Crippen LogP contribution in [0.3, 0.4) is 0 Å². The number of halogens is 1. The number of benzene rings is 1. The minimum atomic E-state index is -0.841. The maximum absolute atomic E-state index is 13.2. The number of nitrogens with zero attached hydrogens (tertiary/aromatic N) is 6.